The minimum Gasteiger partial charge on any atom is -0.464 e. The second kappa shape index (κ2) is 6.72. The maximum Gasteiger partial charge on any atom is 0.325 e. The van der Waals surface area contributed by atoms with Crippen LogP contribution in [0.3, 0.4) is 0 Å². The van der Waals surface area contributed by atoms with E-state index < -0.39 is 5.97 Å². The summed E-state index contributed by atoms with van der Waals surface area (Å²) in [5.41, 5.74) is 0. The van der Waals surface area contributed by atoms with Crippen molar-refractivity contribution in [1.29, 1.82) is 0 Å². The fourth-order valence-electron chi connectivity index (χ4n) is 2.70. The molecule has 2 saturated heterocycles. The first-order chi connectivity index (χ1) is 9.63. The fraction of sp³-hybridized carbons (Fsp3) is 0.786. The van der Waals surface area contributed by atoms with Gasteiger partial charge in [-0.15, -0.1) is 0 Å². The van der Waals surface area contributed by atoms with Gasteiger partial charge < -0.3 is 14.5 Å². The van der Waals surface area contributed by atoms with Crippen LogP contribution in [0, 0.1) is 0 Å². The molecule has 6 nitrogen and oxygen atoms in total. The molecule has 2 aliphatic heterocycles. The standard InChI is InChI=1S/C14H22N2O4/c1-2-3-8-20-13(18)10-15-9-12(17)16-7-5-4-6-11(16)14(15)19/h11H,2-10H2,1H3. The Morgan fingerprint density at radius 3 is 2.90 bits per heavy atom. The molecule has 2 amide bonds. The molecular weight excluding hydrogens is 260 g/mol. The first-order valence-corrected chi connectivity index (χ1v) is 7.37. The van der Waals surface area contributed by atoms with Gasteiger partial charge in [0, 0.05) is 6.54 Å². The zero-order valence-corrected chi connectivity index (χ0v) is 12.0. The van der Waals surface area contributed by atoms with E-state index in [1.807, 2.05) is 6.92 Å². The topological polar surface area (TPSA) is 66.9 Å². The Morgan fingerprint density at radius 2 is 2.15 bits per heavy atom. The monoisotopic (exact) mass is 282 g/mol. The molecular formula is C14H22N2O4. The van der Waals surface area contributed by atoms with Crippen molar-refractivity contribution in [1.82, 2.24) is 9.80 Å². The molecule has 6 heteroatoms. The molecule has 0 aromatic rings. The third-order valence-electron chi connectivity index (χ3n) is 3.83. The largest absolute Gasteiger partial charge is 0.464 e. The van der Waals surface area contributed by atoms with Gasteiger partial charge >= 0.3 is 5.97 Å². The highest BCUT2D eigenvalue weighted by molar-refractivity contribution is 5.96. The summed E-state index contributed by atoms with van der Waals surface area (Å²) in [7, 11) is 0. The lowest BCUT2D eigenvalue weighted by Gasteiger charge is -2.42. The van der Waals surface area contributed by atoms with Crippen molar-refractivity contribution in [2.24, 2.45) is 0 Å². The Morgan fingerprint density at radius 1 is 1.35 bits per heavy atom. The number of carbonyl (C=O) groups excluding carboxylic acids is 3. The van der Waals surface area contributed by atoms with E-state index in [0.717, 1.165) is 25.7 Å². The van der Waals surface area contributed by atoms with E-state index >= 15 is 0 Å². The van der Waals surface area contributed by atoms with Gasteiger partial charge in [0.05, 0.1) is 6.61 Å². The maximum atomic E-state index is 12.3. The average Bonchev–Trinajstić information content (AvgIpc) is 2.45. The van der Waals surface area contributed by atoms with E-state index in [-0.39, 0.29) is 30.9 Å². The molecule has 0 aliphatic carbocycles. The summed E-state index contributed by atoms with van der Waals surface area (Å²) in [6, 6.07) is -0.367. The smallest absolute Gasteiger partial charge is 0.325 e. The molecule has 112 valence electrons. The first-order valence-electron chi connectivity index (χ1n) is 7.37. The lowest BCUT2D eigenvalue weighted by molar-refractivity contribution is -0.162. The van der Waals surface area contributed by atoms with Gasteiger partial charge in [0.1, 0.15) is 19.1 Å². The SMILES string of the molecule is CCCCOC(=O)CN1CC(=O)N2CCCCC2C1=O. The van der Waals surface area contributed by atoms with Crippen LogP contribution in [0.5, 0.6) is 0 Å². The van der Waals surface area contributed by atoms with Crippen LogP contribution in [0.25, 0.3) is 0 Å². The van der Waals surface area contributed by atoms with Crippen molar-refractivity contribution >= 4 is 17.8 Å². The second-order valence-corrected chi connectivity index (χ2v) is 5.37. The number of nitrogens with zero attached hydrogens (tertiary/aromatic N) is 2. The van der Waals surface area contributed by atoms with Crippen molar-refractivity contribution in [2.75, 3.05) is 26.2 Å². The fourth-order valence-corrected chi connectivity index (χ4v) is 2.70. The lowest BCUT2D eigenvalue weighted by atomic mass is 9.98. The third-order valence-corrected chi connectivity index (χ3v) is 3.83. The molecule has 0 spiro atoms. The van der Waals surface area contributed by atoms with Gasteiger partial charge in [0.25, 0.3) is 0 Å². The predicted molar refractivity (Wildman–Crippen MR) is 71.8 cm³/mol. The highest BCUT2D eigenvalue weighted by Crippen LogP contribution is 2.22. The number of hydrogen-bond donors (Lipinski definition) is 0. The van der Waals surface area contributed by atoms with Crippen molar-refractivity contribution < 1.29 is 19.1 Å². The number of amides is 2. The molecule has 0 bridgehead atoms. The van der Waals surface area contributed by atoms with Crippen LogP contribution in [0.2, 0.25) is 0 Å². The van der Waals surface area contributed by atoms with Crippen LogP contribution in [0.4, 0.5) is 0 Å². The van der Waals surface area contributed by atoms with Gasteiger partial charge in [0.2, 0.25) is 11.8 Å². The van der Waals surface area contributed by atoms with Crippen molar-refractivity contribution in [3.05, 3.63) is 0 Å². The summed E-state index contributed by atoms with van der Waals surface area (Å²) < 4.78 is 5.05. The van der Waals surface area contributed by atoms with E-state index in [9.17, 15) is 14.4 Å². The third kappa shape index (κ3) is 3.29. The number of ether oxygens (including phenoxy) is 1. The van der Waals surface area contributed by atoms with E-state index in [1.165, 1.54) is 4.90 Å². The quantitative estimate of drug-likeness (QED) is 0.545. The lowest BCUT2D eigenvalue weighted by Crippen LogP contribution is -2.61. The summed E-state index contributed by atoms with van der Waals surface area (Å²) in [5, 5.41) is 0. The van der Waals surface area contributed by atoms with Crippen LogP contribution < -0.4 is 0 Å². The molecule has 2 fully saturated rings. The molecule has 0 aromatic heterocycles. The van der Waals surface area contributed by atoms with Gasteiger partial charge in [0.15, 0.2) is 0 Å². The van der Waals surface area contributed by atoms with Gasteiger partial charge in [-0.25, -0.2) is 0 Å². The Balaban J connectivity index is 1.90. The minimum absolute atomic E-state index is 0.00177. The number of piperazine rings is 1. The first kappa shape index (κ1) is 14.8. The van der Waals surface area contributed by atoms with Gasteiger partial charge in [-0.2, -0.15) is 0 Å². The summed E-state index contributed by atoms with van der Waals surface area (Å²) in [6.45, 7) is 2.93. The Kier molecular flexibility index (Phi) is 4.98. The summed E-state index contributed by atoms with van der Waals surface area (Å²) >= 11 is 0. The number of hydrogen-bond acceptors (Lipinski definition) is 4. The molecule has 1 unspecified atom stereocenters. The van der Waals surface area contributed by atoms with E-state index in [4.69, 9.17) is 4.74 Å². The number of rotatable bonds is 5. The van der Waals surface area contributed by atoms with E-state index in [0.29, 0.717) is 19.6 Å². The average molecular weight is 282 g/mol. The Bertz CT molecular complexity index is 397. The molecule has 2 rings (SSSR count). The summed E-state index contributed by atoms with van der Waals surface area (Å²) in [6.07, 6.45) is 4.37. The molecule has 20 heavy (non-hydrogen) atoms. The van der Waals surface area contributed by atoms with Crippen LogP contribution in [-0.2, 0) is 19.1 Å². The van der Waals surface area contributed by atoms with Crippen molar-refractivity contribution in [3.63, 3.8) is 0 Å². The number of esters is 1. The number of piperidine rings is 1. The summed E-state index contributed by atoms with van der Waals surface area (Å²) in [5.74, 6) is -0.601. The van der Waals surface area contributed by atoms with Gasteiger partial charge in [-0.3, -0.25) is 14.4 Å². The molecule has 0 radical (unpaired) electrons. The van der Waals surface area contributed by atoms with E-state index in [1.54, 1.807) is 4.90 Å². The highest BCUT2D eigenvalue weighted by Gasteiger charge is 2.40. The van der Waals surface area contributed by atoms with Crippen LogP contribution >= 0.6 is 0 Å². The molecule has 2 aliphatic rings. The minimum atomic E-state index is -0.427. The zero-order chi connectivity index (χ0) is 14.5. The van der Waals surface area contributed by atoms with Crippen LogP contribution in [0.15, 0.2) is 0 Å². The normalized spacial score (nSPS) is 22.8. The number of fused-ring (bicyclic) bond motifs is 1. The second-order valence-electron chi connectivity index (χ2n) is 5.37. The molecule has 0 saturated carbocycles. The van der Waals surface area contributed by atoms with Crippen molar-refractivity contribution in [2.45, 2.75) is 45.1 Å². The molecule has 1 atom stereocenters. The van der Waals surface area contributed by atoms with Crippen molar-refractivity contribution in [3.8, 4) is 0 Å². The summed E-state index contributed by atoms with van der Waals surface area (Å²) in [4.78, 5) is 39.0. The molecule has 2 heterocycles. The molecule has 0 aromatic carbocycles. The number of carbonyl (C=O) groups is 3. The zero-order valence-electron chi connectivity index (χ0n) is 12.0. The maximum absolute atomic E-state index is 12.3. The predicted octanol–water partition coefficient (Wildman–Crippen LogP) is 0.553. The molecule has 0 N–H and O–H groups in total. The van der Waals surface area contributed by atoms with Gasteiger partial charge in [-0.1, -0.05) is 13.3 Å². The Hall–Kier alpha value is -1.59. The Labute approximate surface area is 119 Å². The highest BCUT2D eigenvalue weighted by atomic mass is 16.5. The number of unbranched alkanes of at least 4 members (excludes halogenated alkanes) is 1. The van der Waals surface area contributed by atoms with Crippen LogP contribution in [-0.4, -0.2) is 59.9 Å². The van der Waals surface area contributed by atoms with E-state index in [2.05, 4.69) is 0 Å². The van der Waals surface area contributed by atoms with Crippen LogP contribution in [0.1, 0.15) is 39.0 Å². The van der Waals surface area contributed by atoms with Gasteiger partial charge in [-0.05, 0) is 25.7 Å².